The highest BCUT2D eigenvalue weighted by Gasteiger charge is 2.34. The Morgan fingerprint density at radius 3 is 2.60 bits per heavy atom. The summed E-state index contributed by atoms with van der Waals surface area (Å²) in [4.78, 5) is 36.6. The number of hydrogen-bond acceptors (Lipinski definition) is 3. The van der Waals surface area contributed by atoms with Crippen LogP contribution in [0.5, 0.6) is 0 Å². The Bertz CT molecular complexity index is 420. The number of nitrogens with one attached hydrogen (secondary N) is 2. The molecule has 2 unspecified atom stereocenters. The summed E-state index contributed by atoms with van der Waals surface area (Å²) in [6.45, 7) is 4.89. The van der Waals surface area contributed by atoms with Gasteiger partial charge in [-0.2, -0.15) is 0 Å². The average Bonchev–Trinajstić information content (AvgIpc) is 3.09. The van der Waals surface area contributed by atoms with E-state index in [9.17, 15) is 14.4 Å². The second-order valence-corrected chi connectivity index (χ2v) is 6.82. The van der Waals surface area contributed by atoms with Crippen LogP contribution in [0.3, 0.4) is 0 Å². The van der Waals surface area contributed by atoms with Crippen LogP contribution < -0.4 is 10.5 Å². The fourth-order valence-electron chi connectivity index (χ4n) is 3.42. The summed E-state index contributed by atoms with van der Waals surface area (Å²) in [6.07, 6.45) is 11.1. The zero-order valence-electron chi connectivity index (χ0n) is 15.8. The van der Waals surface area contributed by atoms with Crippen LogP contribution in [0, 0.1) is 0 Å². The van der Waals surface area contributed by atoms with Gasteiger partial charge in [0.15, 0.2) is 12.2 Å². The molecule has 25 heavy (non-hydrogen) atoms. The molecular formula is C18H33BN3O3. The average molecular weight is 350 g/mol. The van der Waals surface area contributed by atoms with E-state index in [0.717, 1.165) is 39.5 Å². The fourth-order valence-corrected chi connectivity index (χ4v) is 3.42. The molecule has 1 radical (unpaired) electrons. The van der Waals surface area contributed by atoms with Crippen LogP contribution >= 0.6 is 0 Å². The Labute approximate surface area is 152 Å². The summed E-state index contributed by atoms with van der Waals surface area (Å²) in [6, 6.07) is -0.231. The summed E-state index contributed by atoms with van der Waals surface area (Å²) in [5.74, 6) is -0.367. The first kappa shape index (κ1) is 21.5. The second kappa shape index (κ2) is 12.8. The minimum atomic E-state index is -0.420. The molecule has 0 spiro atoms. The van der Waals surface area contributed by atoms with Crippen LogP contribution in [-0.4, -0.2) is 49.1 Å². The summed E-state index contributed by atoms with van der Waals surface area (Å²) in [5, 5.41) is 5.42. The van der Waals surface area contributed by atoms with E-state index >= 15 is 0 Å². The van der Waals surface area contributed by atoms with Crippen molar-refractivity contribution < 1.29 is 14.4 Å². The molecule has 6 nitrogen and oxygen atoms in total. The van der Waals surface area contributed by atoms with Crippen molar-refractivity contribution in [3.63, 3.8) is 0 Å². The van der Waals surface area contributed by atoms with Crippen molar-refractivity contribution >= 4 is 25.5 Å². The molecule has 7 heteroatoms. The largest absolute Gasteiger partial charge is 0.397 e. The van der Waals surface area contributed by atoms with Crippen molar-refractivity contribution in [2.45, 2.75) is 90.1 Å². The van der Waals surface area contributed by atoms with E-state index in [-0.39, 0.29) is 17.8 Å². The van der Waals surface area contributed by atoms with Gasteiger partial charge in [-0.25, -0.2) is 0 Å². The third kappa shape index (κ3) is 7.93. The quantitative estimate of drug-likeness (QED) is 0.304. The van der Waals surface area contributed by atoms with Crippen LogP contribution in [0.1, 0.15) is 78.1 Å². The van der Waals surface area contributed by atoms with E-state index in [2.05, 4.69) is 24.4 Å². The van der Waals surface area contributed by atoms with Crippen LogP contribution in [0.25, 0.3) is 0 Å². The molecule has 0 bridgehead atoms. The van der Waals surface area contributed by atoms with E-state index in [1.165, 1.54) is 25.7 Å². The number of nitrogens with zero attached hydrogens (tertiary/aromatic N) is 1. The maximum atomic E-state index is 12.6. The fraction of sp³-hybridized carbons (Fsp3) is 0.833. The van der Waals surface area contributed by atoms with Gasteiger partial charge in [-0.15, -0.1) is 0 Å². The molecule has 1 fully saturated rings. The van der Waals surface area contributed by atoms with Gasteiger partial charge < -0.3 is 15.4 Å². The van der Waals surface area contributed by atoms with E-state index in [4.69, 9.17) is 0 Å². The second-order valence-electron chi connectivity index (χ2n) is 6.82. The first-order valence-corrected chi connectivity index (χ1v) is 9.77. The van der Waals surface area contributed by atoms with Gasteiger partial charge in [0, 0.05) is 12.6 Å². The Kier molecular flexibility index (Phi) is 11.0. The highest BCUT2D eigenvalue weighted by Crippen LogP contribution is 2.19. The van der Waals surface area contributed by atoms with E-state index < -0.39 is 6.04 Å². The normalized spacial score (nSPS) is 17.8. The number of amides is 3. The number of unbranched alkanes of at least 4 members (excludes halogenated alkanes) is 4. The number of carbonyl (C=O) groups is 3. The van der Waals surface area contributed by atoms with Gasteiger partial charge in [0.2, 0.25) is 5.91 Å². The SMILES string of the molecule is CCCCCCCC(CCC)NC(=O)C1CCCN1C(=O)[B]NC=O. The maximum Gasteiger partial charge on any atom is 0.364 e. The lowest BCUT2D eigenvalue weighted by molar-refractivity contribution is -0.125. The molecule has 1 aliphatic heterocycles. The van der Waals surface area contributed by atoms with Gasteiger partial charge >= 0.3 is 7.41 Å². The lowest BCUT2D eigenvalue weighted by Gasteiger charge is -2.26. The van der Waals surface area contributed by atoms with Crippen molar-refractivity contribution in [1.29, 1.82) is 0 Å². The predicted octanol–water partition coefficient (Wildman–Crippen LogP) is 2.58. The Morgan fingerprint density at radius 1 is 1.16 bits per heavy atom. The molecule has 2 N–H and O–H groups in total. The van der Waals surface area contributed by atoms with Crippen LogP contribution in [-0.2, 0) is 9.59 Å². The molecule has 1 heterocycles. The molecule has 0 saturated carbocycles. The Balaban J connectivity index is 2.48. The summed E-state index contributed by atoms with van der Waals surface area (Å²) >= 11 is 0. The molecular weight excluding hydrogens is 317 g/mol. The van der Waals surface area contributed by atoms with Crippen molar-refractivity contribution in [3.8, 4) is 0 Å². The van der Waals surface area contributed by atoms with Gasteiger partial charge in [0.1, 0.15) is 6.04 Å². The lowest BCUT2D eigenvalue weighted by Crippen LogP contribution is -2.50. The molecule has 1 aliphatic rings. The van der Waals surface area contributed by atoms with Crippen LogP contribution in [0.2, 0.25) is 0 Å². The molecule has 1 rings (SSSR count). The third-order valence-corrected chi connectivity index (χ3v) is 4.75. The zero-order valence-corrected chi connectivity index (χ0v) is 15.8. The van der Waals surface area contributed by atoms with Crippen molar-refractivity contribution in [2.75, 3.05) is 6.54 Å². The molecule has 0 aromatic rings. The van der Waals surface area contributed by atoms with Crippen molar-refractivity contribution in [2.24, 2.45) is 0 Å². The maximum absolute atomic E-state index is 12.6. The van der Waals surface area contributed by atoms with Gasteiger partial charge in [-0.3, -0.25) is 14.4 Å². The number of rotatable bonds is 13. The summed E-state index contributed by atoms with van der Waals surface area (Å²) in [5.41, 5.74) is 0. The topological polar surface area (TPSA) is 78.5 Å². The van der Waals surface area contributed by atoms with Gasteiger partial charge in [0.05, 0.1) is 0 Å². The summed E-state index contributed by atoms with van der Waals surface area (Å²) < 4.78 is 0. The minimum absolute atomic E-state index is 0.0580. The van der Waals surface area contributed by atoms with Gasteiger partial charge in [0.25, 0.3) is 0 Å². The standard InChI is InChI=1S/C18H33BN3O3/c1-3-5-6-7-8-11-15(10-4-2)21-17(24)16-12-9-13-22(16)18(25)19-20-14-23/h14-16H,3-13H2,1-2H3,(H,20,23)(H,21,24). The zero-order chi connectivity index (χ0) is 18.5. The first-order chi connectivity index (χ1) is 12.1. The molecule has 0 aliphatic carbocycles. The molecule has 3 amide bonds. The third-order valence-electron chi connectivity index (χ3n) is 4.75. The smallest absolute Gasteiger partial charge is 0.364 e. The summed E-state index contributed by atoms with van der Waals surface area (Å²) in [7, 11) is 1.12. The number of likely N-dealkylation sites (tertiary alicyclic amines) is 1. The van der Waals surface area contributed by atoms with Gasteiger partial charge in [-0.05, 0) is 25.7 Å². The molecule has 0 aromatic carbocycles. The molecule has 0 aromatic heterocycles. The monoisotopic (exact) mass is 350 g/mol. The predicted molar refractivity (Wildman–Crippen MR) is 100 cm³/mol. The molecule has 1 saturated heterocycles. The number of hydrogen-bond donors (Lipinski definition) is 2. The first-order valence-electron chi connectivity index (χ1n) is 9.77. The van der Waals surface area contributed by atoms with Crippen LogP contribution in [0.4, 0.5) is 4.79 Å². The van der Waals surface area contributed by atoms with E-state index in [0.29, 0.717) is 19.4 Å². The van der Waals surface area contributed by atoms with E-state index in [1.807, 2.05) is 0 Å². The molecule has 2 atom stereocenters. The number of carbonyl (C=O) groups excluding carboxylic acids is 3. The lowest BCUT2D eigenvalue weighted by atomic mass is 9.92. The highest BCUT2D eigenvalue weighted by atomic mass is 16.2. The van der Waals surface area contributed by atoms with Gasteiger partial charge in [-0.1, -0.05) is 52.4 Å². The minimum Gasteiger partial charge on any atom is -0.397 e. The Hall–Kier alpha value is -1.53. The van der Waals surface area contributed by atoms with Crippen LogP contribution in [0.15, 0.2) is 0 Å². The highest BCUT2D eigenvalue weighted by molar-refractivity contribution is 6.72. The Morgan fingerprint density at radius 2 is 1.92 bits per heavy atom. The molecule has 141 valence electrons. The van der Waals surface area contributed by atoms with Crippen molar-refractivity contribution in [3.05, 3.63) is 0 Å². The van der Waals surface area contributed by atoms with E-state index in [1.54, 1.807) is 4.90 Å². The van der Waals surface area contributed by atoms with Crippen molar-refractivity contribution in [1.82, 2.24) is 15.4 Å².